The average molecular weight is 173 g/mol. The Morgan fingerprint density at radius 1 is 1.50 bits per heavy atom. The van der Waals surface area contributed by atoms with Gasteiger partial charge in [0.05, 0.1) is 0 Å². The van der Waals surface area contributed by atoms with E-state index >= 15 is 0 Å². The predicted octanol–water partition coefficient (Wildman–Crippen LogP) is 1.78. The first kappa shape index (κ1) is 11.9. The molecule has 1 atom stereocenters. The quantitative estimate of drug-likeness (QED) is 0.667. The topological polar surface area (TPSA) is 32.3 Å². The second-order valence-corrected chi connectivity index (χ2v) is 4.09. The molecule has 0 aromatic heterocycles. The van der Waals surface area contributed by atoms with Gasteiger partial charge in [-0.3, -0.25) is 0 Å². The minimum atomic E-state index is 0.319. The highest BCUT2D eigenvalue weighted by atomic mass is 16.2. The van der Waals surface area contributed by atoms with E-state index in [-0.39, 0.29) is 0 Å². The minimum absolute atomic E-state index is 0.319. The van der Waals surface area contributed by atoms with E-state index in [0.717, 1.165) is 12.5 Å². The lowest BCUT2D eigenvalue weighted by Gasteiger charge is -2.44. The smallest absolute Gasteiger partial charge is 0.0428 e. The summed E-state index contributed by atoms with van der Waals surface area (Å²) in [6.45, 7) is 6.88. The number of rotatable bonds is 2. The second-order valence-electron chi connectivity index (χ2n) is 4.09. The van der Waals surface area contributed by atoms with Crippen LogP contribution < -0.4 is 5.32 Å². The molecule has 0 radical (unpaired) electrons. The number of hydrogen-bond donors (Lipinski definition) is 2. The van der Waals surface area contributed by atoms with Crippen molar-refractivity contribution in [2.45, 2.75) is 46.1 Å². The second kappa shape index (κ2) is 5.55. The van der Waals surface area contributed by atoms with Crippen LogP contribution in [0.3, 0.4) is 0 Å². The SMILES string of the molecule is CCCO.CNC1CCC1(C)C. The van der Waals surface area contributed by atoms with Crippen molar-refractivity contribution in [3.63, 3.8) is 0 Å². The Labute approximate surface area is 76.4 Å². The van der Waals surface area contributed by atoms with Crippen LogP contribution >= 0.6 is 0 Å². The normalized spacial score (nSPS) is 25.2. The van der Waals surface area contributed by atoms with E-state index in [0.29, 0.717) is 12.0 Å². The molecule has 12 heavy (non-hydrogen) atoms. The molecule has 2 heteroatoms. The van der Waals surface area contributed by atoms with Crippen LogP contribution in [0.2, 0.25) is 0 Å². The largest absolute Gasteiger partial charge is 0.396 e. The van der Waals surface area contributed by atoms with Crippen molar-refractivity contribution >= 4 is 0 Å². The fourth-order valence-electron chi connectivity index (χ4n) is 1.40. The molecule has 1 saturated carbocycles. The van der Waals surface area contributed by atoms with Gasteiger partial charge in [-0.15, -0.1) is 0 Å². The Morgan fingerprint density at radius 3 is 2.00 bits per heavy atom. The van der Waals surface area contributed by atoms with Crippen LogP contribution in [0.1, 0.15) is 40.0 Å². The fourth-order valence-corrected chi connectivity index (χ4v) is 1.40. The highest BCUT2D eigenvalue weighted by Crippen LogP contribution is 2.39. The maximum Gasteiger partial charge on any atom is 0.0428 e. The van der Waals surface area contributed by atoms with Crippen LogP contribution in [0, 0.1) is 5.41 Å². The summed E-state index contributed by atoms with van der Waals surface area (Å²) in [5.41, 5.74) is 0.578. The van der Waals surface area contributed by atoms with Crippen molar-refractivity contribution in [1.29, 1.82) is 0 Å². The summed E-state index contributed by atoms with van der Waals surface area (Å²) in [5.74, 6) is 0. The van der Waals surface area contributed by atoms with Crippen LogP contribution in [0.15, 0.2) is 0 Å². The molecule has 2 nitrogen and oxygen atoms in total. The van der Waals surface area contributed by atoms with Crippen molar-refractivity contribution < 1.29 is 5.11 Å². The molecule has 0 aromatic carbocycles. The van der Waals surface area contributed by atoms with Gasteiger partial charge in [-0.25, -0.2) is 0 Å². The van der Waals surface area contributed by atoms with Crippen LogP contribution in [0.4, 0.5) is 0 Å². The molecule has 0 aromatic rings. The van der Waals surface area contributed by atoms with Gasteiger partial charge in [0.2, 0.25) is 0 Å². The molecule has 0 aliphatic heterocycles. The van der Waals surface area contributed by atoms with Gasteiger partial charge in [0.15, 0.2) is 0 Å². The van der Waals surface area contributed by atoms with Crippen LogP contribution in [-0.2, 0) is 0 Å². The molecule has 0 spiro atoms. The number of aliphatic hydroxyl groups excluding tert-OH is 1. The Morgan fingerprint density at radius 2 is 2.00 bits per heavy atom. The fraction of sp³-hybridized carbons (Fsp3) is 1.00. The first-order chi connectivity index (χ1) is 5.58. The molecule has 0 bridgehead atoms. The van der Waals surface area contributed by atoms with Crippen molar-refractivity contribution in [2.24, 2.45) is 5.41 Å². The molecule has 1 unspecified atom stereocenters. The Bertz CT molecular complexity index is 108. The molecule has 74 valence electrons. The van der Waals surface area contributed by atoms with E-state index in [1.54, 1.807) is 0 Å². The Hall–Kier alpha value is -0.0800. The summed E-state index contributed by atoms with van der Waals surface area (Å²) < 4.78 is 0. The monoisotopic (exact) mass is 173 g/mol. The van der Waals surface area contributed by atoms with Gasteiger partial charge in [-0.2, -0.15) is 0 Å². The van der Waals surface area contributed by atoms with Crippen LogP contribution in [-0.4, -0.2) is 24.8 Å². The Balaban J connectivity index is 0.000000261. The van der Waals surface area contributed by atoms with Crippen LogP contribution in [0.5, 0.6) is 0 Å². The number of aliphatic hydroxyl groups is 1. The lowest BCUT2D eigenvalue weighted by Crippen LogP contribution is -2.48. The van der Waals surface area contributed by atoms with Gasteiger partial charge >= 0.3 is 0 Å². The minimum Gasteiger partial charge on any atom is -0.396 e. The molecular weight excluding hydrogens is 150 g/mol. The van der Waals surface area contributed by atoms with E-state index < -0.39 is 0 Å². The maximum absolute atomic E-state index is 7.88. The van der Waals surface area contributed by atoms with Crippen molar-refractivity contribution in [3.05, 3.63) is 0 Å². The third-order valence-corrected chi connectivity index (χ3v) is 2.59. The summed E-state index contributed by atoms with van der Waals surface area (Å²) in [6, 6.07) is 0.780. The molecule has 1 aliphatic carbocycles. The highest BCUT2D eigenvalue weighted by molar-refractivity contribution is 4.92. The Kier molecular flexibility index (Phi) is 5.51. The molecular formula is C10H23NO. The van der Waals surface area contributed by atoms with E-state index in [2.05, 4.69) is 19.2 Å². The predicted molar refractivity (Wildman–Crippen MR) is 53.2 cm³/mol. The lowest BCUT2D eigenvalue weighted by atomic mass is 9.67. The molecule has 1 rings (SSSR count). The lowest BCUT2D eigenvalue weighted by molar-refractivity contribution is 0.117. The third kappa shape index (κ3) is 3.55. The highest BCUT2D eigenvalue weighted by Gasteiger charge is 2.36. The summed E-state index contributed by atoms with van der Waals surface area (Å²) >= 11 is 0. The van der Waals surface area contributed by atoms with Gasteiger partial charge in [0, 0.05) is 12.6 Å². The average Bonchev–Trinajstić information content (AvgIpc) is 2.04. The first-order valence-electron chi connectivity index (χ1n) is 4.86. The number of hydrogen-bond acceptors (Lipinski definition) is 2. The summed E-state index contributed by atoms with van der Waals surface area (Å²) in [6.07, 6.45) is 3.63. The van der Waals surface area contributed by atoms with Crippen molar-refractivity contribution in [1.82, 2.24) is 5.32 Å². The zero-order chi connectivity index (χ0) is 9.61. The molecule has 0 saturated heterocycles. The molecule has 0 heterocycles. The van der Waals surface area contributed by atoms with E-state index in [4.69, 9.17) is 5.11 Å². The van der Waals surface area contributed by atoms with Crippen molar-refractivity contribution in [3.8, 4) is 0 Å². The summed E-state index contributed by atoms with van der Waals surface area (Å²) in [5, 5.41) is 11.2. The maximum atomic E-state index is 7.88. The van der Waals surface area contributed by atoms with E-state index in [1.807, 2.05) is 14.0 Å². The molecule has 2 N–H and O–H groups in total. The van der Waals surface area contributed by atoms with E-state index in [9.17, 15) is 0 Å². The standard InChI is InChI=1S/C7H15N.C3H8O/c1-7(2)5-4-6(7)8-3;1-2-3-4/h6,8H,4-5H2,1-3H3;4H,2-3H2,1H3. The van der Waals surface area contributed by atoms with Crippen LogP contribution in [0.25, 0.3) is 0 Å². The number of nitrogens with one attached hydrogen (secondary N) is 1. The summed E-state index contributed by atoms with van der Waals surface area (Å²) in [7, 11) is 2.05. The van der Waals surface area contributed by atoms with Gasteiger partial charge in [0.25, 0.3) is 0 Å². The molecule has 0 amide bonds. The van der Waals surface area contributed by atoms with Gasteiger partial charge in [-0.1, -0.05) is 20.8 Å². The van der Waals surface area contributed by atoms with Crippen molar-refractivity contribution in [2.75, 3.05) is 13.7 Å². The molecule has 1 aliphatic rings. The summed E-state index contributed by atoms with van der Waals surface area (Å²) in [4.78, 5) is 0. The van der Waals surface area contributed by atoms with Gasteiger partial charge < -0.3 is 10.4 Å². The van der Waals surface area contributed by atoms with Gasteiger partial charge in [0.1, 0.15) is 0 Å². The zero-order valence-corrected chi connectivity index (χ0v) is 8.85. The third-order valence-electron chi connectivity index (χ3n) is 2.59. The van der Waals surface area contributed by atoms with Gasteiger partial charge in [-0.05, 0) is 31.7 Å². The zero-order valence-electron chi connectivity index (χ0n) is 8.85. The first-order valence-corrected chi connectivity index (χ1v) is 4.86. The molecule has 1 fully saturated rings. The van der Waals surface area contributed by atoms with E-state index in [1.165, 1.54) is 12.8 Å².